The summed E-state index contributed by atoms with van der Waals surface area (Å²) in [4.78, 5) is 13.1. The van der Waals surface area contributed by atoms with Gasteiger partial charge in [-0.3, -0.25) is 10.1 Å². The van der Waals surface area contributed by atoms with Crippen LogP contribution in [0.3, 0.4) is 0 Å². The number of thiophene rings is 1. The van der Waals surface area contributed by atoms with Gasteiger partial charge in [0.2, 0.25) is 11.0 Å². The Kier molecular flexibility index (Phi) is 6.09. The first-order chi connectivity index (χ1) is 9.92. The summed E-state index contributed by atoms with van der Waals surface area (Å²) in [6.07, 6.45) is 0. The van der Waals surface area contributed by atoms with Gasteiger partial charge >= 0.3 is 0 Å². The number of carbonyl (C=O) groups is 1. The molecule has 1 N–H and O–H groups in total. The number of hydrogen-bond donors (Lipinski definition) is 1. The Morgan fingerprint density at radius 1 is 1.38 bits per heavy atom. The van der Waals surface area contributed by atoms with Crippen LogP contribution in [0.2, 0.25) is 0 Å². The maximum Gasteiger partial charge on any atom is 0.236 e. The molecule has 8 heteroatoms. The Hall–Kier alpha value is -0.570. The first-order valence-electron chi connectivity index (χ1n) is 6.35. The lowest BCUT2D eigenvalue weighted by molar-refractivity contribution is -0.113. The zero-order valence-electron chi connectivity index (χ0n) is 12.1. The van der Waals surface area contributed by atoms with Crippen molar-refractivity contribution in [3.8, 4) is 0 Å². The van der Waals surface area contributed by atoms with E-state index in [-0.39, 0.29) is 10.7 Å². The van der Waals surface area contributed by atoms with E-state index in [1.807, 2.05) is 6.07 Å². The van der Waals surface area contributed by atoms with Gasteiger partial charge in [-0.1, -0.05) is 49.9 Å². The normalized spacial score (nSPS) is 11.6. The summed E-state index contributed by atoms with van der Waals surface area (Å²) in [5, 5.41) is 13.5. The zero-order chi connectivity index (χ0) is 15.3. The lowest BCUT2D eigenvalue weighted by atomic mass is 10.3. The highest BCUT2D eigenvalue weighted by molar-refractivity contribution is 8.01. The van der Waals surface area contributed by atoms with Gasteiger partial charge in [-0.25, -0.2) is 0 Å². The summed E-state index contributed by atoms with van der Waals surface area (Å²) in [5.41, 5.74) is 0. The van der Waals surface area contributed by atoms with Crippen LogP contribution >= 0.6 is 46.2 Å². The average Bonchev–Trinajstić information content (AvgIpc) is 3.04. The van der Waals surface area contributed by atoms with E-state index in [9.17, 15) is 4.79 Å². The van der Waals surface area contributed by atoms with E-state index in [1.54, 1.807) is 34.9 Å². The molecule has 0 aliphatic heterocycles. The molecule has 4 nitrogen and oxygen atoms in total. The Morgan fingerprint density at radius 2 is 2.19 bits per heavy atom. The van der Waals surface area contributed by atoms with Gasteiger partial charge in [0.1, 0.15) is 0 Å². The van der Waals surface area contributed by atoms with Crippen LogP contribution in [0.5, 0.6) is 0 Å². The molecular weight excluding hydrogens is 342 g/mol. The minimum atomic E-state index is -0.0270. The van der Waals surface area contributed by atoms with Crippen LogP contribution in [0.4, 0.5) is 5.13 Å². The number of amides is 1. The second-order valence-electron chi connectivity index (χ2n) is 5.19. The first-order valence-corrected chi connectivity index (χ1v) is 10.0. The summed E-state index contributed by atoms with van der Waals surface area (Å²) in [6, 6.07) is 4.14. The van der Waals surface area contributed by atoms with Crippen LogP contribution in [-0.4, -0.2) is 26.6 Å². The van der Waals surface area contributed by atoms with E-state index >= 15 is 0 Å². The number of anilines is 1. The number of hydrogen-bond acceptors (Lipinski definition) is 7. The third-order valence-corrected chi connectivity index (χ3v) is 6.56. The van der Waals surface area contributed by atoms with Crippen LogP contribution in [0.25, 0.3) is 0 Å². The zero-order valence-corrected chi connectivity index (χ0v) is 15.3. The number of nitrogens with zero attached hydrogens (tertiary/aromatic N) is 2. The Bertz CT molecular complexity index is 575. The molecule has 2 aromatic heterocycles. The third-order valence-electron chi connectivity index (χ3n) is 2.21. The Morgan fingerprint density at radius 3 is 2.86 bits per heavy atom. The summed E-state index contributed by atoms with van der Waals surface area (Å²) in [7, 11) is 0. The SMILES string of the molecule is CC(C)(C)SCC(=O)Nc1nnc(SCc2cccs2)s1. The number of aromatic nitrogens is 2. The number of thioether (sulfide) groups is 2. The highest BCUT2D eigenvalue weighted by Crippen LogP contribution is 2.30. The molecule has 0 spiro atoms. The van der Waals surface area contributed by atoms with E-state index in [4.69, 9.17) is 0 Å². The van der Waals surface area contributed by atoms with Crippen molar-refractivity contribution in [3.63, 3.8) is 0 Å². The van der Waals surface area contributed by atoms with Crippen LogP contribution in [0, 0.1) is 0 Å². The maximum absolute atomic E-state index is 11.8. The van der Waals surface area contributed by atoms with Crippen molar-refractivity contribution in [2.75, 3.05) is 11.1 Å². The summed E-state index contributed by atoms with van der Waals surface area (Å²) < 4.78 is 0.961. The van der Waals surface area contributed by atoms with Gasteiger partial charge in [0, 0.05) is 15.4 Å². The van der Waals surface area contributed by atoms with Crippen LogP contribution < -0.4 is 5.32 Å². The molecule has 0 unspecified atom stereocenters. The molecular formula is C13H17N3OS4. The van der Waals surface area contributed by atoms with Crippen molar-refractivity contribution in [1.29, 1.82) is 0 Å². The highest BCUT2D eigenvalue weighted by Gasteiger charge is 2.14. The van der Waals surface area contributed by atoms with Crippen LogP contribution in [0.1, 0.15) is 25.6 Å². The van der Waals surface area contributed by atoms with Crippen LogP contribution in [-0.2, 0) is 10.5 Å². The molecule has 0 saturated heterocycles. The lowest BCUT2D eigenvalue weighted by Gasteiger charge is -2.16. The standard InChI is InChI=1S/C13H17N3OS4/c1-13(2,3)20-8-10(17)14-11-15-16-12(21-11)19-7-9-5-4-6-18-9/h4-6H,7-8H2,1-3H3,(H,14,15,17). The fourth-order valence-electron chi connectivity index (χ4n) is 1.28. The quantitative estimate of drug-likeness (QED) is 0.613. The second-order valence-corrected chi connectivity index (χ2v) is 10.2. The Labute approximate surface area is 141 Å². The smallest absolute Gasteiger partial charge is 0.236 e. The minimum absolute atomic E-state index is 0.0270. The van der Waals surface area contributed by atoms with Crippen LogP contribution in [0.15, 0.2) is 21.9 Å². The molecule has 0 bridgehead atoms. The Balaban J connectivity index is 1.78. The molecule has 0 aliphatic rings. The van der Waals surface area contributed by atoms with Crippen molar-refractivity contribution in [2.45, 2.75) is 35.6 Å². The largest absolute Gasteiger partial charge is 0.300 e. The van der Waals surface area contributed by atoms with Gasteiger partial charge in [-0.2, -0.15) is 0 Å². The molecule has 0 radical (unpaired) electrons. The summed E-state index contributed by atoms with van der Waals surface area (Å²) >= 11 is 6.41. The van der Waals surface area contributed by atoms with Crippen molar-refractivity contribution >= 4 is 57.2 Å². The molecule has 0 fully saturated rings. The first kappa shape index (κ1) is 16.8. The van der Waals surface area contributed by atoms with Gasteiger partial charge in [0.25, 0.3) is 0 Å². The molecule has 0 aliphatic carbocycles. The van der Waals surface area contributed by atoms with E-state index in [0.29, 0.717) is 10.9 Å². The molecule has 114 valence electrons. The van der Waals surface area contributed by atoms with Crippen molar-refractivity contribution in [1.82, 2.24) is 10.2 Å². The number of rotatable bonds is 6. The fraction of sp³-hybridized carbons (Fsp3) is 0.462. The maximum atomic E-state index is 11.8. The molecule has 0 saturated carbocycles. The minimum Gasteiger partial charge on any atom is -0.300 e. The fourth-order valence-corrected chi connectivity index (χ4v) is 4.46. The molecule has 2 rings (SSSR count). The highest BCUT2D eigenvalue weighted by atomic mass is 32.2. The predicted molar refractivity (Wildman–Crippen MR) is 94.6 cm³/mol. The van der Waals surface area contributed by atoms with Gasteiger partial charge in [0.15, 0.2) is 4.34 Å². The second kappa shape index (κ2) is 7.62. The van der Waals surface area contributed by atoms with Gasteiger partial charge < -0.3 is 0 Å². The molecule has 2 aromatic rings. The van der Waals surface area contributed by atoms with Crippen molar-refractivity contribution in [2.24, 2.45) is 0 Å². The average molecular weight is 360 g/mol. The molecule has 1 amide bonds. The van der Waals surface area contributed by atoms with E-state index in [2.05, 4.69) is 47.7 Å². The molecule has 0 atom stereocenters. The summed E-state index contributed by atoms with van der Waals surface area (Å²) in [6.45, 7) is 6.28. The lowest BCUT2D eigenvalue weighted by Crippen LogP contribution is -2.18. The van der Waals surface area contributed by atoms with Gasteiger partial charge in [-0.15, -0.1) is 33.3 Å². The third kappa shape index (κ3) is 6.37. The predicted octanol–water partition coefficient (Wildman–Crippen LogP) is 4.36. The van der Waals surface area contributed by atoms with Gasteiger partial charge in [-0.05, 0) is 11.4 Å². The topological polar surface area (TPSA) is 54.9 Å². The van der Waals surface area contributed by atoms with Gasteiger partial charge in [0.05, 0.1) is 5.75 Å². The molecule has 2 heterocycles. The van der Waals surface area contributed by atoms with E-state index in [0.717, 1.165) is 10.1 Å². The number of carbonyl (C=O) groups excluding carboxylic acids is 1. The van der Waals surface area contributed by atoms with E-state index in [1.165, 1.54) is 16.2 Å². The summed E-state index contributed by atoms with van der Waals surface area (Å²) in [5.74, 6) is 1.29. The molecule has 0 aromatic carbocycles. The monoisotopic (exact) mass is 359 g/mol. The van der Waals surface area contributed by atoms with Crippen molar-refractivity contribution in [3.05, 3.63) is 22.4 Å². The van der Waals surface area contributed by atoms with E-state index < -0.39 is 0 Å². The number of nitrogens with one attached hydrogen (secondary N) is 1. The molecule has 21 heavy (non-hydrogen) atoms. The van der Waals surface area contributed by atoms with Crippen molar-refractivity contribution < 1.29 is 4.79 Å².